The van der Waals surface area contributed by atoms with Gasteiger partial charge >= 0.3 is 0 Å². The summed E-state index contributed by atoms with van der Waals surface area (Å²) < 4.78 is 10.5. The van der Waals surface area contributed by atoms with Crippen molar-refractivity contribution in [2.75, 3.05) is 45.8 Å². The Bertz CT molecular complexity index is 412. The van der Waals surface area contributed by atoms with Crippen LogP contribution in [0.25, 0.3) is 0 Å². The van der Waals surface area contributed by atoms with Crippen LogP contribution in [0.2, 0.25) is 0 Å². The first-order valence-electron chi connectivity index (χ1n) is 7.89. The molecular weight excluding hydrogens is 264 g/mol. The molecule has 2 rings (SSSR count). The van der Waals surface area contributed by atoms with E-state index in [0.29, 0.717) is 25.9 Å². The number of anilines is 1. The number of nitrogens with one attached hydrogen (secondary N) is 1. The Hall–Kier alpha value is -1.10. The maximum atomic E-state index is 5.57. The topological polar surface area (TPSA) is 33.7 Å². The number of piperidine rings is 1. The molecule has 1 unspecified atom stereocenters. The van der Waals surface area contributed by atoms with Crippen LogP contribution in [-0.2, 0) is 16.1 Å². The average Bonchev–Trinajstić information content (AvgIpc) is 2.51. The second kappa shape index (κ2) is 9.03. The smallest absolute Gasteiger partial charge is 0.0718 e. The lowest BCUT2D eigenvalue weighted by molar-refractivity contribution is 0.0617. The van der Waals surface area contributed by atoms with Crippen LogP contribution >= 0.6 is 0 Å². The van der Waals surface area contributed by atoms with Crippen molar-refractivity contribution in [1.82, 2.24) is 4.90 Å². The van der Waals surface area contributed by atoms with E-state index in [4.69, 9.17) is 9.47 Å². The largest absolute Gasteiger partial charge is 0.383 e. The summed E-state index contributed by atoms with van der Waals surface area (Å²) in [6.45, 7) is 4.17. The first kappa shape index (κ1) is 16.3. The highest BCUT2D eigenvalue weighted by Crippen LogP contribution is 2.17. The third-order valence-electron chi connectivity index (χ3n) is 4.09. The second-order valence-corrected chi connectivity index (χ2v) is 5.76. The lowest BCUT2D eigenvalue weighted by atomic mass is 10.0. The highest BCUT2D eigenvalue weighted by Gasteiger charge is 2.18. The standard InChI is InChI=1S/C17H28N2O2/c1-19-9-4-3-8-17(19)13-18-16-7-5-6-15(12-16)14-21-11-10-20-2/h5-7,12,17-18H,3-4,8-11,13-14H2,1-2H3. The molecule has 4 nitrogen and oxygen atoms in total. The number of rotatable bonds is 8. The van der Waals surface area contributed by atoms with Crippen molar-refractivity contribution in [3.8, 4) is 0 Å². The normalized spacial score (nSPS) is 19.6. The maximum absolute atomic E-state index is 5.57. The molecule has 0 saturated carbocycles. The molecule has 4 heteroatoms. The number of benzene rings is 1. The fourth-order valence-corrected chi connectivity index (χ4v) is 2.74. The number of hydrogen-bond acceptors (Lipinski definition) is 4. The molecule has 1 atom stereocenters. The van der Waals surface area contributed by atoms with Crippen LogP contribution in [0.15, 0.2) is 24.3 Å². The quantitative estimate of drug-likeness (QED) is 0.747. The van der Waals surface area contributed by atoms with Crippen molar-refractivity contribution in [1.29, 1.82) is 0 Å². The monoisotopic (exact) mass is 292 g/mol. The minimum Gasteiger partial charge on any atom is -0.383 e. The van der Waals surface area contributed by atoms with Gasteiger partial charge in [0.15, 0.2) is 0 Å². The molecule has 0 amide bonds. The summed E-state index contributed by atoms with van der Waals surface area (Å²) in [7, 11) is 3.92. The molecule has 1 saturated heterocycles. The summed E-state index contributed by atoms with van der Waals surface area (Å²) in [5, 5.41) is 3.56. The SMILES string of the molecule is COCCOCc1cccc(NCC2CCCCN2C)c1. The van der Waals surface area contributed by atoms with Crippen LogP contribution in [-0.4, -0.2) is 51.4 Å². The summed E-state index contributed by atoms with van der Waals surface area (Å²) in [5.74, 6) is 0. The van der Waals surface area contributed by atoms with E-state index in [9.17, 15) is 0 Å². The van der Waals surface area contributed by atoms with E-state index in [1.807, 2.05) is 0 Å². The fourth-order valence-electron chi connectivity index (χ4n) is 2.74. The number of hydrogen-bond donors (Lipinski definition) is 1. The zero-order valence-corrected chi connectivity index (χ0v) is 13.3. The summed E-state index contributed by atoms with van der Waals surface area (Å²) >= 11 is 0. The molecule has 0 aliphatic carbocycles. The predicted molar refractivity (Wildman–Crippen MR) is 86.7 cm³/mol. The van der Waals surface area contributed by atoms with E-state index in [1.54, 1.807) is 7.11 Å². The number of ether oxygens (including phenoxy) is 2. The van der Waals surface area contributed by atoms with Crippen LogP contribution in [0.3, 0.4) is 0 Å². The van der Waals surface area contributed by atoms with Gasteiger partial charge in [-0.25, -0.2) is 0 Å². The Balaban J connectivity index is 1.77. The molecule has 0 spiro atoms. The van der Waals surface area contributed by atoms with Crippen LogP contribution < -0.4 is 5.32 Å². The van der Waals surface area contributed by atoms with E-state index < -0.39 is 0 Å². The van der Waals surface area contributed by atoms with Crippen molar-refractivity contribution < 1.29 is 9.47 Å². The summed E-state index contributed by atoms with van der Waals surface area (Å²) in [6.07, 6.45) is 3.98. The first-order chi connectivity index (χ1) is 10.3. The number of likely N-dealkylation sites (N-methyl/N-ethyl adjacent to an activating group) is 1. The molecule has 118 valence electrons. The molecule has 1 aliphatic rings. The Morgan fingerprint density at radius 3 is 3.00 bits per heavy atom. The van der Waals surface area contributed by atoms with Crippen molar-refractivity contribution >= 4 is 5.69 Å². The first-order valence-corrected chi connectivity index (χ1v) is 7.89. The van der Waals surface area contributed by atoms with Gasteiger partial charge in [-0.05, 0) is 44.1 Å². The van der Waals surface area contributed by atoms with Crippen LogP contribution in [0.5, 0.6) is 0 Å². The van der Waals surface area contributed by atoms with E-state index in [0.717, 1.165) is 6.54 Å². The van der Waals surface area contributed by atoms with Gasteiger partial charge in [0.2, 0.25) is 0 Å². The minimum absolute atomic E-state index is 0.640. The zero-order valence-electron chi connectivity index (χ0n) is 13.3. The van der Waals surface area contributed by atoms with Gasteiger partial charge in [0.25, 0.3) is 0 Å². The Morgan fingerprint density at radius 1 is 1.29 bits per heavy atom. The van der Waals surface area contributed by atoms with Gasteiger partial charge < -0.3 is 19.7 Å². The molecule has 21 heavy (non-hydrogen) atoms. The third-order valence-corrected chi connectivity index (χ3v) is 4.09. The van der Waals surface area contributed by atoms with E-state index in [-0.39, 0.29) is 0 Å². The van der Waals surface area contributed by atoms with Crippen molar-refractivity contribution in [3.63, 3.8) is 0 Å². The Morgan fingerprint density at radius 2 is 2.19 bits per heavy atom. The molecule has 1 heterocycles. The Kier molecular flexibility index (Phi) is 7.00. The molecule has 1 aromatic carbocycles. The van der Waals surface area contributed by atoms with E-state index in [2.05, 4.69) is 41.5 Å². The predicted octanol–water partition coefficient (Wildman–Crippen LogP) is 2.75. The fraction of sp³-hybridized carbons (Fsp3) is 0.647. The number of methoxy groups -OCH3 is 1. The highest BCUT2D eigenvalue weighted by molar-refractivity contribution is 5.45. The van der Waals surface area contributed by atoms with E-state index >= 15 is 0 Å². The highest BCUT2D eigenvalue weighted by atomic mass is 16.5. The van der Waals surface area contributed by atoms with Gasteiger partial charge in [-0.3, -0.25) is 0 Å². The maximum Gasteiger partial charge on any atom is 0.0718 e. The zero-order chi connectivity index (χ0) is 14.9. The summed E-state index contributed by atoms with van der Waals surface area (Å²) in [5.41, 5.74) is 2.38. The number of nitrogens with zero attached hydrogens (tertiary/aromatic N) is 1. The van der Waals surface area contributed by atoms with Gasteiger partial charge in [0.1, 0.15) is 0 Å². The van der Waals surface area contributed by atoms with E-state index in [1.165, 1.54) is 37.1 Å². The molecule has 0 radical (unpaired) electrons. The lowest BCUT2D eigenvalue weighted by Crippen LogP contribution is -2.40. The molecule has 0 aromatic heterocycles. The molecule has 1 aromatic rings. The summed E-state index contributed by atoms with van der Waals surface area (Å²) in [6, 6.07) is 9.14. The molecule has 1 fully saturated rings. The Labute approximate surface area is 128 Å². The second-order valence-electron chi connectivity index (χ2n) is 5.76. The van der Waals surface area contributed by atoms with Gasteiger partial charge in [0, 0.05) is 25.4 Å². The van der Waals surface area contributed by atoms with Gasteiger partial charge in [0.05, 0.1) is 19.8 Å². The van der Waals surface area contributed by atoms with Crippen LogP contribution in [0, 0.1) is 0 Å². The minimum atomic E-state index is 0.640. The van der Waals surface area contributed by atoms with Gasteiger partial charge in [-0.1, -0.05) is 18.6 Å². The van der Waals surface area contributed by atoms with Crippen molar-refractivity contribution in [3.05, 3.63) is 29.8 Å². The molecular formula is C17H28N2O2. The molecule has 1 aliphatic heterocycles. The molecule has 0 bridgehead atoms. The summed E-state index contributed by atoms with van der Waals surface area (Å²) in [4.78, 5) is 2.47. The van der Waals surface area contributed by atoms with Crippen LogP contribution in [0.1, 0.15) is 24.8 Å². The average molecular weight is 292 g/mol. The third kappa shape index (κ3) is 5.65. The van der Waals surface area contributed by atoms with Crippen LogP contribution in [0.4, 0.5) is 5.69 Å². The lowest BCUT2D eigenvalue weighted by Gasteiger charge is -2.32. The van der Waals surface area contributed by atoms with Crippen molar-refractivity contribution in [2.45, 2.75) is 31.9 Å². The van der Waals surface area contributed by atoms with Gasteiger partial charge in [-0.2, -0.15) is 0 Å². The molecule has 1 N–H and O–H groups in total. The van der Waals surface area contributed by atoms with Gasteiger partial charge in [-0.15, -0.1) is 0 Å². The number of likely N-dealkylation sites (tertiary alicyclic amines) is 1. The van der Waals surface area contributed by atoms with Crippen molar-refractivity contribution in [2.24, 2.45) is 0 Å².